The van der Waals surface area contributed by atoms with E-state index in [1.165, 1.54) is 28.7 Å². The van der Waals surface area contributed by atoms with Crippen LogP contribution in [0.3, 0.4) is 0 Å². The average molecular weight is 394 g/mol. The zero-order valence-corrected chi connectivity index (χ0v) is 15.6. The van der Waals surface area contributed by atoms with Crippen molar-refractivity contribution < 1.29 is 18.1 Å². The normalized spacial score (nSPS) is 16.6. The first-order chi connectivity index (χ1) is 12.9. The molecule has 0 unspecified atom stereocenters. The first-order valence-corrected chi connectivity index (χ1v) is 10.2. The molecule has 3 rings (SSSR count). The maximum absolute atomic E-state index is 13.1. The van der Waals surface area contributed by atoms with Crippen LogP contribution in [0.25, 0.3) is 10.9 Å². The number of nitrogens with zero attached hydrogens (tertiary/aromatic N) is 3. The van der Waals surface area contributed by atoms with Gasteiger partial charge in [-0.05, 0) is 44.0 Å². The zero-order valence-electron chi connectivity index (χ0n) is 14.8. The van der Waals surface area contributed by atoms with E-state index in [2.05, 4.69) is 4.98 Å². The van der Waals surface area contributed by atoms with Crippen LogP contribution in [0.1, 0.15) is 19.3 Å². The molecule has 0 spiro atoms. The number of hydrogen-bond donors (Lipinski definition) is 1. The summed E-state index contributed by atoms with van der Waals surface area (Å²) in [4.78, 5) is 14.8. The third-order valence-corrected chi connectivity index (χ3v) is 6.56. The highest BCUT2D eigenvalue weighted by molar-refractivity contribution is 7.89. The molecule has 0 atom stereocenters. The maximum Gasteiger partial charge on any atom is 0.278 e. The number of ether oxygens (including phenoxy) is 1. The molecule has 0 radical (unpaired) electrons. The predicted molar refractivity (Wildman–Crippen MR) is 99.8 cm³/mol. The van der Waals surface area contributed by atoms with Gasteiger partial charge in [-0.2, -0.15) is 4.31 Å². The largest absolute Gasteiger partial charge is 0.378 e. The second-order valence-corrected chi connectivity index (χ2v) is 8.26. The van der Waals surface area contributed by atoms with Crippen molar-refractivity contribution in [1.29, 1.82) is 0 Å². The SMILES string of the molecule is NCCCOC1CCN(S(=O)(=O)c2ccc([N+](=O)[O-])c3cccnc23)CC1. The highest BCUT2D eigenvalue weighted by atomic mass is 32.2. The number of non-ortho nitro benzene ring substituents is 1. The highest BCUT2D eigenvalue weighted by Crippen LogP contribution is 2.32. The summed E-state index contributed by atoms with van der Waals surface area (Å²) in [6.45, 7) is 1.81. The van der Waals surface area contributed by atoms with Crippen LogP contribution in [0.2, 0.25) is 0 Å². The van der Waals surface area contributed by atoms with E-state index in [-0.39, 0.29) is 27.6 Å². The van der Waals surface area contributed by atoms with Crippen LogP contribution in [0.5, 0.6) is 0 Å². The van der Waals surface area contributed by atoms with E-state index in [0.717, 1.165) is 6.42 Å². The number of fused-ring (bicyclic) bond motifs is 1. The Morgan fingerprint density at radius 3 is 2.70 bits per heavy atom. The Labute approximate surface area is 157 Å². The van der Waals surface area contributed by atoms with E-state index in [0.29, 0.717) is 39.1 Å². The minimum absolute atomic E-state index is 0.00815. The summed E-state index contributed by atoms with van der Waals surface area (Å²) in [6, 6.07) is 5.55. The van der Waals surface area contributed by atoms with Crippen LogP contribution >= 0.6 is 0 Å². The quantitative estimate of drug-likeness (QED) is 0.429. The Morgan fingerprint density at radius 1 is 1.30 bits per heavy atom. The van der Waals surface area contributed by atoms with Crippen LogP contribution in [-0.4, -0.2) is 55.0 Å². The van der Waals surface area contributed by atoms with E-state index < -0.39 is 14.9 Å². The molecule has 1 aromatic carbocycles. The van der Waals surface area contributed by atoms with Crippen molar-refractivity contribution in [2.24, 2.45) is 5.73 Å². The molecule has 0 amide bonds. The summed E-state index contributed by atoms with van der Waals surface area (Å²) in [6.07, 6.45) is 3.43. The van der Waals surface area contributed by atoms with E-state index >= 15 is 0 Å². The number of aromatic nitrogens is 1. The molecule has 2 aromatic rings. The van der Waals surface area contributed by atoms with Gasteiger partial charge >= 0.3 is 0 Å². The van der Waals surface area contributed by atoms with Crippen molar-refractivity contribution in [3.8, 4) is 0 Å². The number of nitro groups is 1. The van der Waals surface area contributed by atoms with Crippen LogP contribution < -0.4 is 5.73 Å². The van der Waals surface area contributed by atoms with Gasteiger partial charge in [0, 0.05) is 32.0 Å². The van der Waals surface area contributed by atoms with Gasteiger partial charge in [0.25, 0.3) is 5.69 Å². The number of rotatable bonds is 7. The number of nitrogens with two attached hydrogens (primary N) is 1. The smallest absolute Gasteiger partial charge is 0.278 e. The zero-order chi connectivity index (χ0) is 19.4. The van der Waals surface area contributed by atoms with E-state index in [9.17, 15) is 18.5 Å². The molecule has 0 aliphatic carbocycles. The number of benzene rings is 1. The third kappa shape index (κ3) is 4.08. The molecule has 1 saturated heterocycles. The molecule has 2 heterocycles. The lowest BCUT2D eigenvalue weighted by atomic mass is 10.1. The molecular weight excluding hydrogens is 372 g/mol. The molecule has 27 heavy (non-hydrogen) atoms. The molecule has 1 fully saturated rings. The fraction of sp³-hybridized carbons (Fsp3) is 0.471. The van der Waals surface area contributed by atoms with Gasteiger partial charge in [-0.15, -0.1) is 0 Å². The predicted octanol–water partition coefficient (Wildman–Crippen LogP) is 1.66. The second-order valence-electron chi connectivity index (χ2n) is 6.36. The molecule has 10 heteroatoms. The number of sulfonamides is 1. The summed E-state index contributed by atoms with van der Waals surface area (Å²) in [5.41, 5.74) is 5.40. The van der Waals surface area contributed by atoms with Gasteiger partial charge in [-0.1, -0.05) is 0 Å². The first-order valence-electron chi connectivity index (χ1n) is 8.79. The van der Waals surface area contributed by atoms with Gasteiger partial charge in [0.2, 0.25) is 10.0 Å². The van der Waals surface area contributed by atoms with Crippen molar-refractivity contribution in [3.05, 3.63) is 40.6 Å². The summed E-state index contributed by atoms with van der Waals surface area (Å²) in [7, 11) is -3.81. The average Bonchev–Trinajstić information content (AvgIpc) is 2.67. The Bertz CT molecular complexity index is 926. The molecule has 1 aromatic heterocycles. The highest BCUT2D eigenvalue weighted by Gasteiger charge is 2.32. The van der Waals surface area contributed by atoms with Gasteiger partial charge in [0.1, 0.15) is 4.90 Å². The Hall–Kier alpha value is -2.14. The van der Waals surface area contributed by atoms with Crippen LogP contribution in [0, 0.1) is 10.1 Å². The molecular formula is C17H22N4O5S. The van der Waals surface area contributed by atoms with E-state index in [1.54, 1.807) is 6.07 Å². The van der Waals surface area contributed by atoms with Crippen molar-refractivity contribution in [2.75, 3.05) is 26.2 Å². The fourth-order valence-corrected chi connectivity index (χ4v) is 4.83. The lowest BCUT2D eigenvalue weighted by Gasteiger charge is -2.31. The van der Waals surface area contributed by atoms with Crippen molar-refractivity contribution in [2.45, 2.75) is 30.3 Å². The molecule has 2 N–H and O–H groups in total. The lowest BCUT2D eigenvalue weighted by molar-refractivity contribution is -0.383. The van der Waals surface area contributed by atoms with E-state index in [1.807, 2.05) is 0 Å². The van der Waals surface area contributed by atoms with Crippen LogP contribution in [0.15, 0.2) is 35.4 Å². The summed E-state index contributed by atoms with van der Waals surface area (Å²) in [5, 5.41) is 11.4. The van der Waals surface area contributed by atoms with Gasteiger partial charge in [0.15, 0.2) is 0 Å². The Morgan fingerprint density at radius 2 is 2.04 bits per heavy atom. The summed E-state index contributed by atoms with van der Waals surface area (Å²) >= 11 is 0. The summed E-state index contributed by atoms with van der Waals surface area (Å²) < 4.78 is 33.3. The number of pyridine rings is 1. The second kappa shape index (κ2) is 8.26. The van der Waals surface area contributed by atoms with Gasteiger partial charge in [-0.3, -0.25) is 15.1 Å². The van der Waals surface area contributed by atoms with Crippen LogP contribution in [0.4, 0.5) is 5.69 Å². The number of piperidine rings is 1. The minimum Gasteiger partial charge on any atom is -0.378 e. The van der Waals surface area contributed by atoms with Crippen molar-refractivity contribution >= 4 is 26.6 Å². The van der Waals surface area contributed by atoms with E-state index in [4.69, 9.17) is 10.5 Å². The molecule has 1 aliphatic heterocycles. The van der Waals surface area contributed by atoms with Gasteiger partial charge in [0.05, 0.1) is 21.9 Å². The molecule has 146 valence electrons. The lowest BCUT2D eigenvalue weighted by Crippen LogP contribution is -2.41. The minimum atomic E-state index is -3.81. The molecule has 0 saturated carbocycles. The molecule has 9 nitrogen and oxygen atoms in total. The number of hydrogen-bond acceptors (Lipinski definition) is 7. The Kier molecular flexibility index (Phi) is 6.00. The number of nitro benzene ring substituents is 1. The monoisotopic (exact) mass is 394 g/mol. The van der Waals surface area contributed by atoms with Gasteiger partial charge in [-0.25, -0.2) is 8.42 Å². The maximum atomic E-state index is 13.1. The third-order valence-electron chi connectivity index (χ3n) is 4.63. The summed E-state index contributed by atoms with van der Waals surface area (Å²) in [5.74, 6) is 0. The molecule has 0 bridgehead atoms. The fourth-order valence-electron chi connectivity index (χ4n) is 3.21. The first kappa shape index (κ1) is 19.6. The molecule has 1 aliphatic rings. The standard InChI is InChI=1S/C17H22N4O5S/c18-8-2-12-26-13-6-10-20(11-7-13)27(24,25)16-5-4-15(21(22)23)14-3-1-9-19-17(14)16/h1,3-5,9,13H,2,6-8,10-12,18H2. The topological polar surface area (TPSA) is 129 Å². The van der Waals surface area contributed by atoms with Crippen LogP contribution in [-0.2, 0) is 14.8 Å². The van der Waals surface area contributed by atoms with Crippen molar-refractivity contribution in [3.63, 3.8) is 0 Å². The Balaban J connectivity index is 1.84. The van der Waals surface area contributed by atoms with Gasteiger partial charge < -0.3 is 10.5 Å². The van der Waals surface area contributed by atoms with Crippen molar-refractivity contribution in [1.82, 2.24) is 9.29 Å².